The number of hydrogen-bond donors (Lipinski definition) is 0. The highest BCUT2D eigenvalue weighted by atomic mass is 32.2. The molecule has 1 unspecified atom stereocenters. The number of sulfonamides is 1. The quantitative estimate of drug-likeness (QED) is 0.720. The lowest BCUT2D eigenvalue weighted by molar-refractivity contribution is 0.0600. The SMILES string of the molecule is COC(=O)c1ccc(OC)c(S(=O)(=O)N2CCCC(c3cnn(C)c3)C2)c1. The summed E-state index contributed by atoms with van der Waals surface area (Å²) in [4.78, 5) is 11.8. The van der Waals surface area contributed by atoms with E-state index in [-0.39, 0.29) is 22.1 Å². The second-order valence-electron chi connectivity index (χ2n) is 6.51. The molecule has 1 saturated heterocycles. The minimum absolute atomic E-state index is 0.0280. The van der Waals surface area contributed by atoms with Crippen molar-refractivity contribution in [1.82, 2.24) is 14.1 Å². The van der Waals surface area contributed by atoms with Crippen LogP contribution >= 0.6 is 0 Å². The molecule has 0 amide bonds. The molecule has 0 aliphatic carbocycles. The fourth-order valence-corrected chi connectivity index (χ4v) is 5.05. The van der Waals surface area contributed by atoms with Crippen molar-refractivity contribution in [3.05, 3.63) is 41.7 Å². The Balaban J connectivity index is 1.94. The number of rotatable bonds is 5. The second-order valence-corrected chi connectivity index (χ2v) is 8.41. The zero-order valence-electron chi connectivity index (χ0n) is 15.6. The Morgan fingerprint density at radius 3 is 2.70 bits per heavy atom. The van der Waals surface area contributed by atoms with Crippen LogP contribution < -0.4 is 4.74 Å². The van der Waals surface area contributed by atoms with Crippen molar-refractivity contribution in [3.8, 4) is 5.75 Å². The first-order chi connectivity index (χ1) is 12.9. The Labute approximate surface area is 158 Å². The monoisotopic (exact) mass is 393 g/mol. The predicted molar refractivity (Wildman–Crippen MR) is 98.3 cm³/mol. The van der Waals surface area contributed by atoms with Gasteiger partial charge in [-0.3, -0.25) is 4.68 Å². The first-order valence-electron chi connectivity index (χ1n) is 8.62. The minimum Gasteiger partial charge on any atom is -0.495 e. The second kappa shape index (κ2) is 7.69. The molecule has 1 aliphatic rings. The first kappa shape index (κ1) is 19.4. The van der Waals surface area contributed by atoms with E-state index in [1.54, 1.807) is 10.9 Å². The summed E-state index contributed by atoms with van der Waals surface area (Å²) in [5, 5.41) is 4.18. The van der Waals surface area contributed by atoms with E-state index in [9.17, 15) is 13.2 Å². The number of piperidine rings is 1. The van der Waals surface area contributed by atoms with Gasteiger partial charge in [-0.2, -0.15) is 9.40 Å². The maximum atomic E-state index is 13.3. The number of methoxy groups -OCH3 is 2. The number of hydrogen-bond acceptors (Lipinski definition) is 6. The van der Waals surface area contributed by atoms with Crippen molar-refractivity contribution in [3.63, 3.8) is 0 Å². The molecule has 1 aromatic heterocycles. The molecule has 9 heteroatoms. The molecular formula is C18H23N3O5S. The van der Waals surface area contributed by atoms with E-state index in [2.05, 4.69) is 5.10 Å². The number of aromatic nitrogens is 2. The largest absolute Gasteiger partial charge is 0.495 e. The molecule has 2 heterocycles. The van der Waals surface area contributed by atoms with Gasteiger partial charge in [-0.05, 0) is 36.6 Å². The molecule has 0 N–H and O–H groups in total. The van der Waals surface area contributed by atoms with Gasteiger partial charge in [0.2, 0.25) is 10.0 Å². The maximum absolute atomic E-state index is 13.3. The van der Waals surface area contributed by atoms with Crippen LogP contribution in [0.2, 0.25) is 0 Å². The van der Waals surface area contributed by atoms with Crippen LogP contribution in [0.3, 0.4) is 0 Å². The molecule has 2 aromatic rings. The fraction of sp³-hybridized carbons (Fsp3) is 0.444. The van der Waals surface area contributed by atoms with Gasteiger partial charge in [0, 0.05) is 32.3 Å². The van der Waals surface area contributed by atoms with Gasteiger partial charge in [0.15, 0.2) is 0 Å². The summed E-state index contributed by atoms with van der Waals surface area (Å²) in [6.45, 7) is 0.782. The van der Waals surface area contributed by atoms with E-state index >= 15 is 0 Å². The van der Waals surface area contributed by atoms with E-state index in [4.69, 9.17) is 9.47 Å². The molecule has 3 rings (SSSR count). The minimum atomic E-state index is -3.83. The maximum Gasteiger partial charge on any atom is 0.337 e. The Kier molecular flexibility index (Phi) is 5.52. The molecular weight excluding hydrogens is 370 g/mol. The topological polar surface area (TPSA) is 90.7 Å². The van der Waals surface area contributed by atoms with Crippen molar-refractivity contribution in [2.75, 3.05) is 27.3 Å². The molecule has 0 saturated carbocycles. The van der Waals surface area contributed by atoms with Gasteiger partial charge in [-0.25, -0.2) is 13.2 Å². The third-order valence-electron chi connectivity index (χ3n) is 4.78. The van der Waals surface area contributed by atoms with Crippen molar-refractivity contribution in [1.29, 1.82) is 0 Å². The zero-order chi connectivity index (χ0) is 19.6. The van der Waals surface area contributed by atoms with Crippen LogP contribution in [-0.4, -0.2) is 55.8 Å². The van der Waals surface area contributed by atoms with Gasteiger partial charge in [-0.15, -0.1) is 0 Å². The van der Waals surface area contributed by atoms with Crippen LogP contribution in [-0.2, 0) is 21.8 Å². The van der Waals surface area contributed by atoms with E-state index in [1.165, 1.54) is 36.7 Å². The summed E-state index contributed by atoms with van der Waals surface area (Å²) < 4.78 is 39.7. The Hall–Kier alpha value is -2.39. The summed E-state index contributed by atoms with van der Waals surface area (Å²) in [5.41, 5.74) is 1.19. The number of aryl methyl sites for hydroxylation is 1. The molecule has 1 aliphatic heterocycles. The molecule has 1 fully saturated rings. The van der Waals surface area contributed by atoms with Crippen molar-refractivity contribution < 1.29 is 22.7 Å². The zero-order valence-corrected chi connectivity index (χ0v) is 16.4. The van der Waals surface area contributed by atoms with Crippen LogP contribution in [0, 0.1) is 0 Å². The summed E-state index contributed by atoms with van der Waals surface area (Å²) in [6.07, 6.45) is 5.34. The third-order valence-corrected chi connectivity index (χ3v) is 6.67. The Morgan fingerprint density at radius 1 is 1.30 bits per heavy atom. The van der Waals surface area contributed by atoms with Gasteiger partial charge in [0.1, 0.15) is 10.6 Å². The number of benzene rings is 1. The molecule has 8 nitrogen and oxygen atoms in total. The number of ether oxygens (including phenoxy) is 2. The van der Waals surface area contributed by atoms with E-state index in [1.807, 2.05) is 13.2 Å². The van der Waals surface area contributed by atoms with Crippen LogP contribution in [0.4, 0.5) is 0 Å². The highest BCUT2D eigenvalue weighted by molar-refractivity contribution is 7.89. The highest BCUT2D eigenvalue weighted by Crippen LogP contribution is 2.33. The smallest absolute Gasteiger partial charge is 0.337 e. The number of carbonyl (C=O) groups is 1. The van der Waals surface area contributed by atoms with Gasteiger partial charge < -0.3 is 9.47 Å². The average molecular weight is 393 g/mol. The van der Waals surface area contributed by atoms with Crippen molar-refractivity contribution in [2.24, 2.45) is 7.05 Å². The average Bonchev–Trinajstić information content (AvgIpc) is 3.13. The molecule has 0 spiro atoms. The lowest BCUT2D eigenvalue weighted by atomic mass is 9.94. The lowest BCUT2D eigenvalue weighted by Gasteiger charge is -2.31. The van der Waals surface area contributed by atoms with E-state index < -0.39 is 16.0 Å². The Bertz CT molecular complexity index is 938. The van der Waals surface area contributed by atoms with Crippen molar-refractivity contribution >= 4 is 16.0 Å². The summed E-state index contributed by atoms with van der Waals surface area (Å²) in [6, 6.07) is 4.27. The van der Waals surface area contributed by atoms with Gasteiger partial charge >= 0.3 is 5.97 Å². The molecule has 27 heavy (non-hydrogen) atoms. The lowest BCUT2D eigenvalue weighted by Crippen LogP contribution is -2.39. The molecule has 1 atom stereocenters. The summed E-state index contributed by atoms with van der Waals surface area (Å²) in [7, 11) is 0.665. The number of carbonyl (C=O) groups excluding carboxylic acids is 1. The summed E-state index contributed by atoms with van der Waals surface area (Å²) in [5.74, 6) is -0.316. The van der Waals surface area contributed by atoms with Crippen LogP contribution in [0.1, 0.15) is 34.7 Å². The fourth-order valence-electron chi connectivity index (χ4n) is 3.35. The Morgan fingerprint density at radius 2 is 2.07 bits per heavy atom. The molecule has 146 valence electrons. The van der Waals surface area contributed by atoms with E-state index in [0.29, 0.717) is 13.1 Å². The predicted octanol–water partition coefficient (Wildman–Crippen LogP) is 1.78. The normalized spacial score (nSPS) is 18.3. The number of nitrogens with zero attached hydrogens (tertiary/aromatic N) is 3. The first-order valence-corrected chi connectivity index (χ1v) is 10.1. The van der Waals surface area contributed by atoms with Gasteiger partial charge in [0.25, 0.3) is 0 Å². The molecule has 1 aromatic carbocycles. The van der Waals surface area contributed by atoms with Gasteiger partial charge in [0.05, 0.1) is 26.0 Å². The van der Waals surface area contributed by atoms with Gasteiger partial charge in [-0.1, -0.05) is 0 Å². The third kappa shape index (κ3) is 3.84. The molecule has 0 bridgehead atoms. The van der Waals surface area contributed by atoms with Crippen LogP contribution in [0.5, 0.6) is 5.75 Å². The standard InChI is InChI=1S/C18H23N3O5S/c1-20-11-15(10-19-20)14-5-4-8-21(12-14)27(23,24)17-9-13(18(22)26-3)6-7-16(17)25-2/h6-7,9-11,14H,4-5,8,12H2,1-3H3. The molecule has 0 radical (unpaired) electrons. The summed E-state index contributed by atoms with van der Waals surface area (Å²) >= 11 is 0. The highest BCUT2D eigenvalue weighted by Gasteiger charge is 2.33. The van der Waals surface area contributed by atoms with Crippen LogP contribution in [0.15, 0.2) is 35.5 Å². The van der Waals surface area contributed by atoms with E-state index in [0.717, 1.165) is 18.4 Å². The van der Waals surface area contributed by atoms with Crippen molar-refractivity contribution in [2.45, 2.75) is 23.7 Å². The van der Waals surface area contributed by atoms with Crippen LogP contribution in [0.25, 0.3) is 0 Å². The number of esters is 1.